The summed E-state index contributed by atoms with van der Waals surface area (Å²) in [6, 6.07) is 0. The maximum Gasteiger partial charge on any atom is 0.230 e. The second-order valence-corrected chi connectivity index (χ2v) is 6.70. The van der Waals surface area contributed by atoms with Crippen molar-refractivity contribution in [1.82, 2.24) is 5.32 Å². The molecular formula is C15H25NO2. The average Bonchev–Trinajstić information content (AvgIpc) is 2.24. The van der Waals surface area contributed by atoms with Crippen LogP contribution in [0.25, 0.3) is 0 Å². The van der Waals surface area contributed by atoms with Crippen LogP contribution in [0.5, 0.6) is 0 Å². The van der Waals surface area contributed by atoms with Crippen LogP contribution in [-0.2, 0) is 9.59 Å². The van der Waals surface area contributed by atoms with Crippen LogP contribution < -0.4 is 5.32 Å². The van der Waals surface area contributed by atoms with Gasteiger partial charge in [0.25, 0.3) is 0 Å². The molecule has 1 aliphatic heterocycles. The predicted molar refractivity (Wildman–Crippen MR) is 70.7 cm³/mol. The van der Waals surface area contributed by atoms with Crippen molar-refractivity contribution >= 4 is 11.8 Å². The minimum absolute atomic E-state index is 0.00653. The van der Waals surface area contributed by atoms with Gasteiger partial charge in [0.1, 0.15) is 0 Å². The summed E-state index contributed by atoms with van der Waals surface area (Å²) in [7, 11) is 0. The van der Waals surface area contributed by atoms with E-state index in [0.29, 0.717) is 24.2 Å². The number of rotatable bonds is 1. The van der Waals surface area contributed by atoms with E-state index in [1.54, 1.807) is 0 Å². The van der Waals surface area contributed by atoms with Gasteiger partial charge in [0.2, 0.25) is 11.8 Å². The maximum absolute atomic E-state index is 12.2. The molecular weight excluding hydrogens is 226 g/mol. The predicted octanol–water partition coefficient (Wildman–Crippen LogP) is 2.75. The number of hydrogen-bond acceptors (Lipinski definition) is 2. The fourth-order valence-corrected chi connectivity index (χ4v) is 4.38. The normalized spacial score (nSPS) is 41.3. The van der Waals surface area contributed by atoms with Crippen LogP contribution in [0.4, 0.5) is 0 Å². The van der Waals surface area contributed by atoms with Crippen molar-refractivity contribution in [3.63, 3.8) is 0 Å². The summed E-state index contributed by atoms with van der Waals surface area (Å²) in [5, 5.41) is 2.54. The first-order valence-electron chi connectivity index (χ1n) is 7.22. The molecule has 4 unspecified atom stereocenters. The van der Waals surface area contributed by atoms with Crippen LogP contribution in [0.1, 0.15) is 53.4 Å². The maximum atomic E-state index is 12.2. The van der Waals surface area contributed by atoms with Gasteiger partial charge in [-0.15, -0.1) is 0 Å². The smallest absolute Gasteiger partial charge is 0.230 e. The Morgan fingerprint density at radius 3 is 2.56 bits per heavy atom. The quantitative estimate of drug-likeness (QED) is 0.728. The molecule has 18 heavy (non-hydrogen) atoms. The third-order valence-electron chi connectivity index (χ3n) is 5.38. The Labute approximate surface area is 110 Å². The van der Waals surface area contributed by atoms with E-state index < -0.39 is 0 Å². The molecule has 2 rings (SSSR count). The number of nitrogens with one attached hydrogen (secondary N) is 1. The van der Waals surface area contributed by atoms with Gasteiger partial charge in [0.15, 0.2) is 0 Å². The highest BCUT2D eigenvalue weighted by molar-refractivity contribution is 5.99. The lowest BCUT2D eigenvalue weighted by molar-refractivity contribution is -0.153. The summed E-state index contributed by atoms with van der Waals surface area (Å²) in [5.74, 6) is 1.24. The van der Waals surface area contributed by atoms with Crippen molar-refractivity contribution in [2.45, 2.75) is 53.4 Å². The van der Waals surface area contributed by atoms with Crippen LogP contribution in [0, 0.1) is 29.1 Å². The van der Waals surface area contributed by atoms with Gasteiger partial charge in [-0.3, -0.25) is 14.9 Å². The molecule has 1 saturated heterocycles. The van der Waals surface area contributed by atoms with Gasteiger partial charge in [-0.25, -0.2) is 0 Å². The Morgan fingerprint density at radius 1 is 1.28 bits per heavy atom. The Hall–Kier alpha value is -0.860. The van der Waals surface area contributed by atoms with E-state index in [1.807, 2.05) is 0 Å². The van der Waals surface area contributed by atoms with Crippen molar-refractivity contribution in [3.05, 3.63) is 0 Å². The molecule has 2 aliphatic rings. The molecule has 3 heteroatoms. The minimum Gasteiger partial charge on any atom is -0.296 e. The summed E-state index contributed by atoms with van der Waals surface area (Å²) in [4.78, 5) is 24.1. The molecule has 1 saturated carbocycles. The Bertz CT molecular complexity index is 364. The molecule has 0 aromatic rings. The van der Waals surface area contributed by atoms with Crippen molar-refractivity contribution in [2.24, 2.45) is 29.1 Å². The number of carbonyl (C=O) groups excluding carboxylic acids is 2. The second kappa shape index (κ2) is 4.67. The molecule has 102 valence electrons. The highest BCUT2D eigenvalue weighted by Crippen LogP contribution is 2.54. The Balaban J connectivity index is 2.41. The number of carbonyl (C=O) groups is 2. The number of hydrogen-bond donors (Lipinski definition) is 1. The molecule has 0 radical (unpaired) electrons. The number of imide groups is 1. The molecule has 0 aromatic heterocycles. The zero-order chi connectivity index (χ0) is 13.5. The SMILES string of the molecule is CC(C)C1C(=O)NC(=O)CC12CCCC(C)C2C. The van der Waals surface area contributed by atoms with Crippen molar-refractivity contribution < 1.29 is 9.59 Å². The van der Waals surface area contributed by atoms with Gasteiger partial charge in [-0.2, -0.15) is 0 Å². The third-order valence-corrected chi connectivity index (χ3v) is 5.38. The molecule has 3 nitrogen and oxygen atoms in total. The standard InChI is InChI=1S/C15H25NO2/c1-9(2)13-14(18)16-12(17)8-15(13)7-5-6-10(3)11(15)4/h9-11,13H,5-8H2,1-4H3,(H,16,17,18). The fraction of sp³-hybridized carbons (Fsp3) is 0.867. The molecule has 0 aromatic carbocycles. The largest absolute Gasteiger partial charge is 0.296 e. The molecule has 1 N–H and O–H groups in total. The van der Waals surface area contributed by atoms with Crippen molar-refractivity contribution in [3.8, 4) is 0 Å². The molecule has 0 bridgehead atoms. The lowest BCUT2D eigenvalue weighted by Crippen LogP contribution is -2.58. The molecule has 1 spiro atoms. The minimum atomic E-state index is -0.0920. The Kier molecular flexibility index (Phi) is 3.52. The highest BCUT2D eigenvalue weighted by Gasteiger charge is 2.54. The van der Waals surface area contributed by atoms with Gasteiger partial charge in [-0.05, 0) is 29.6 Å². The summed E-state index contributed by atoms with van der Waals surface area (Å²) >= 11 is 0. The van der Waals surface area contributed by atoms with E-state index in [9.17, 15) is 9.59 Å². The lowest BCUT2D eigenvalue weighted by Gasteiger charge is -2.53. The van der Waals surface area contributed by atoms with Crippen LogP contribution in [-0.4, -0.2) is 11.8 Å². The van der Waals surface area contributed by atoms with Crippen molar-refractivity contribution in [2.75, 3.05) is 0 Å². The van der Waals surface area contributed by atoms with Gasteiger partial charge in [0, 0.05) is 12.3 Å². The summed E-state index contributed by atoms with van der Waals surface area (Å²) < 4.78 is 0. The van der Waals surface area contributed by atoms with Crippen LogP contribution >= 0.6 is 0 Å². The van der Waals surface area contributed by atoms with Gasteiger partial charge >= 0.3 is 0 Å². The van der Waals surface area contributed by atoms with E-state index in [4.69, 9.17) is 0 Å². The van der Waals surface area contributed by atoms with Crippen molar-refractivity contribution in [1.29, 1.82) is 0 Å². The van der Waals surface area contributed by atoms with E-state index in [1.165, 1.54) is 6.42 Å². The van der Waals surface area contributed by atoms with Crippen LogP contribution in [0.3, 0.4) is 0 Å². The zero-order valence-corrected chi connectivity index (χ0v) is 12.0. The first kappa shape index (κ1) is 13.6. The summed E-state index contributed by atoms with van der Waals surface area (Å²) in [6.07, 6.45) is 3.94. The lowest BCUT2D eigenvalue weighted by atomic mass is 9.52. The van der Waals surface area contributed by atoms with Gasteiger partial charge < -0.3 is 0 Å². The summed E-state index contributed by atoms with van der Waals surface area (Å²) in [5.41, 5.74) is -0.0920. The van der Waals surface area contributed by atoms with Crippen LogP contribution in [0.2, 0.25) is 0 Å². The van der Waals surface area contributed by atoms with Gasteiger partial charge in [0.05, 0.1) is 0 Å². The van der Waals surface area contributed by atoms with Crippen LogP contribution in [0.15, 0.2) is 0 Å². The molecule has 2 amide bonds. The second-order valence-electron chi connectivity index (χ2n) is 6.70. The number of piperidine rings is 1. The third kappa shape index (κ3) is 1.98. The Morgan fingerprint density at radius 2 is 1.94 bits per heavy atom. The monoisotopic (exact) mass is 251 g/mol. The van der Waals surface area contributed by atoms with Gasteiger partial charge in [-0.1, -0.05) is 40.5 Å². The van der Waals surface area contributed by atoms with E-state index in [2.05, 4.69) is 33.0 Å². The molecule has 1 heterocycles. The average molecular weight is 251 g/mol. The first-order chi connectivity index (χ1) is 8.38. The highest BCUT2D eigenvalue weighted by atomic mass is 16.2. The molecule has 2 fully saturated rings. The fourth-order valence-electron chi connectivity index (χ4n) is 4.38. The van der Waals surface area contributed by atoms with E-state index in [0.717, 1.165) is 12.8 Å². The topological polar surface area (TPSA) is 46.2 Å². The molecule has 4 atom stereocenters. The van der Waals surface area contributed by atoms with E-state index >= 15 is 0 Å². The first-order valence-corrected chi connectivity index (χ1v) is 7.22. The number of amides is 2. The van der Waals surface area contributed by atoms with E-state index in [-0.39, 0.29) is 23.1 Å². The zero-order valence-electron chi connectivity index (χ0n) is 12.0. The molecule has 1 aliphatic carbocycles. The summed E-state index contributed by atoms with van der Waals surface area (Å²) in [6.45, 7) is 8.71.